The quantitative estimate of drug-likeness (QED) is 0.818. The zero-order chi connectivity index (χ0) is 15.2. The van der Waals surface area contributed by atoms with Gasteiger partial charge in [0.05, 0.1) is 5.92 Å². The first kappa shape index (κ1) is 13.8. The lowest BCUT2D eigenvalue weighted by Crippen LogP contribution is -2.39. The molecule has 0 bridgehead atoms. The zero-order valence-electron chi connectivity index (χ0n) is 12.4. The molecule has 2 amide bonds. The summed E-state index contributed by atoms with van der Waals surface area (Å²) in [6.07, 6.45) is 0.815. The standard InChI is InChI=1S/C16H18N2O3/c1-16(2,3)11-6-4-5-9-13(18-21-14(9)11)10-7-8-12(19)17-15(10)20/h4-6,10H,7-8H2,1-3H3,(H,17,19,20). The third-order valence-corrected chi connectivity index (χ3v) is 3.90. The van der Waals surface area contributed by atoms with Crippen LogP contribution in [0.15, 0.2) is 22.7 Å². The molecule has 3 rings (SSSR count). The van der Waals surface area contributed by atoms with Crippen LogP contribution in [-0.4, -0.2) is 17.0 Å². The van der Waals surface area contributed by atoms with E-state index in [1.165, 1.54) is 0 Å². The molecule has 1 aromatic heterocycles. The van der Waals surface area contributed by atoms with Crippen molar-refractivity contribution >= 4 is 22.8 Å². The Hall–Kier alpha value is -2.17. The van der Waals surface area contributed by atoms with Crippen LogP contribution in [-0.2, 0) is 15.0 Å². The van der Waals surface area contributed by atoms with Crippen molar-refractivity contribution in [3.8, 4) is 0 Å². The number of carbonyl (C=O) groups is 2. The van der Waals surface area contributed by atoms with E-state index in [0.29, 0.717) is 18.5 Å². The third kappa shape index (κ3) is 2.33. The molecule has 2 heterocycles. The molecule has 0 radical (unpaired) electrons. The van der Waals surface area contributed by atoms with Gasteiger partial charge in [-0.1, -0.05) is 38.1 Å². The summed E-state index contributed by atoms with van der Waals surface area (Å²) < 4.78 is 5.52. The highest BCUT2D eigenvalue weighted by Crippen LogP contribution is 2.35. The number of carbonyl (C=O) groups excluding carboxylic acids is 2. The van der Waals surface area contributed by atoms with Gasteiger partial charge in [-0.15, -0.1) is 0 Å². The molecule has 2 aromatic rings. The summed E-state index contributed by atoms with van der Waals surface area (Å²) in [5.41, 5.74) is 2.35. The Morgan fingerprint density at radius 2 is 2.05 bits per heavy atom. The Kier molecular flexibility index (Phi) is 3.08. The highest BCUT2D eigenvalue weighted by molar-refractivity contribution is 6.02. The van der Waals surface area contributed by atoms with Crippen LogP contribution in [0.2, 0.25) is 0 Å². The van der Waals surface area contributed by atoms with Crippen molar-refractivity contribution in [3.05, 3.63) is 29.5 Å². The molecule has 110 valence electrons. The number of benzene rings is 1. The number of hydrogen-bond acceptors (Lipinski definition) is 4. The van der Waals surface area contributed by atoms with Crippen molar-refractivity contribution in [3.63, 3.8) is 0 Å². The molecule has 0 saturated carbocycles. The van der Waals surface area contributed by atoms with Gasteiger partial charge >= 0.3 is 0 Å². The van der Waals surface area contributed by atoms with E-state index in [-0.39, 0.29) is 17.2 Å². The minimum absolute atomic E-state index is 0.0684. The first-order chi connectivity index (χ1) is 9.88. The molecule has 0 aliphatic carbocycles. The maximum Gasteiger partial charge on any atom is 0.235 e. The van der Waals surface area contributed by atoms with E-state index in [1.54, 1.807) is 0 Å². The molecule has 5 nitrogen and oxygen atoms in total. The van der Waals surface area contributed by atoms with Crippen molar-refractivity contribution < 1.29 is 14.1 Å². The van der Waals surface area contributed by atoms with Gasteiger partial charge in [0.25, 0.3) is 0 Å². The maximum absolute atomic E-state index is 12.0. The number of imide groups is 1. The highest BCUT2D eigenvalue weighted by atomic mass is 16.5. The van der Waals surface area contributed by atoms with Gasteiger partial charge in [0.15, 0.2) is 5.58 Å². The summed E-state index contributed by atoms with van der Waals surface area (Å²) in [4.78, 5) is 23.3. The van der Waals surface area contributed by atoms with E-state index in [1.807, 2.05) is 18.2 Å². The first-order valence-corrected chi connectivity index (χ1v) is 7.10. The average Bonchev–Trinajstić information content (AvgIpc) is 2.81. The minimum Gasteiger partial charge on any atom is -0.356 e. The SMILES string of the molecule is CC(C)(C)c1cccc2c(C3CCC(=O)NC3=O)noc12. The molecular weight excluding hydrogens is 268 g/mol. The van der Waals surface area contributed by atoms with E-state index in [9.17, 15) is 9.59 Å². The molecule has 5 heteroatoms. The van der Waals surface area contributed by atoms with Crippen LogP contribution >= 0.6 is 0 Å². The van der Waals surface area contributed by atoms with Gasteiger partial charge in [-0.25, -0.2) is 0 Å². The molecule has 1 unspecified atom stereocenters. The molecule has 1 aliphatic heterocycles. The number of nitrogens with one attached hydrogen (secondary N) is 1. The van der Waals surface area contributed by atoms with Gasteiger partial charge in [0.1, 0.15) is 5.69 Å². The highest BCUT2D eigenvalue weighted by Gasteiger charge is 2.32. The van der Waals surface area contributed by atoms with E-state index in [4.69, 9.17) is 4.52 Å². The summed E-state index contributed by atoms with van der Waals surface area (Å²) in [6, 6.07) is 5.89. The predicted molar refractivity (Wildman–Crippen MR) is 77.8 cm³/mol. The topological polar surface area (TPSA) is 72.2 Å². The Labute approximate surface area is 122 Å². The van der Waals surface area contributed by atoms with Crippen LogP contribution in [0.25, 0.3) is 11.0 Å². The van der Waals surface area contributed by atoms with Crippen molar-refractivity contribution in [1.29, 1.82) is 0 Å². The summed E-state index contributed by atoms with van der Waals surface area (Å²) in [5.74, 6) is -0.929. The summed E-state index contributed by atoms with van der Waals surface area (Å²) in [6.45, 7) is 6.32. The van der Waals surface area contributed by atoms with Crippen LogP contribution in [0.3, 0.4) is 0 Å². The second-order valence-corrected chi connectivity index (χ2v) is 6.50. The maximum atomic E-state index is 12.0. The van der Waals surface area contributed by atoms with Gasteiger partial charge in [-0.05, 0) is 17.9 Å². The third-order valence-electron chi connectivity index (χ3n) is 3.90. The second kappa shape index (κ2) is 4.69. The number of aromatic nitrogens is 1. The molecule has 1 aliphatic rings. The number of fused-ring (bicyclic) bond motifs is 1. The number of piperidine rings is 1. The molecule has 1 fully saturated rings. The molecule has 1 N–H and O–H groups in total. The molecule has 21 heavy (non-hydrogen) atoms. The van der Waals surface area contributed by atoms with Gasteiger partial charge in [-0.3, -0.25) is 14.9 Å². The van der Waals surface area contributed by atoms with E-state index in [2.05, 4.69) is 31.2 Å². The lowest BCUT2D eigenvalue weighted by atomic mass is 9.85. The van der Waals surface area contributed by atoms with E-state index >= 15 is 0 Å². The van der Waals surface area contributed by atoms with Crippen LogP contribution in [0.4, 0.5) is 0 Å². The fourth-order valence-electron chi connectivity index (χ4n) is 2.78. The molecule has 0 spiro atoms. The lowest BCUT2D eigenvalue weighted by molar-refractivity contribution is -0.134. The normalized spacial score (nSPS) is 19.9. The predicted octanol–water partition coefficient (Wildman–Crippen LogP) is 2.65. The number of amides is 2. The van der Waals surface area contributed by atoms with Crippen LogP contribution in [0.1, 0.15) is 50.8 Å². The van der Waals surface area contributed by atoms with E-state index < -0.39 is 5.92 Å². The summed E-state index contributed by atoms with van der Waals surface area (Å²) in [7, 11) is 0. The molecule has 1 atom stereocenters. The van der Waals surface area contributed by atoms with Crippen LogP contribution < -0.4 is 5.32 Å². The fraction of sp³-hybridized carbons (Fsp3) is 0.438. The molecule has 1 saturated heterocycles. The zero-order valence-corrected chi connectivity index (χ0v) is 12.4. The number of nitrogens with zero attached hydrogens (tertiary/aromatic N) is 1. The average molecular weight is 286 g/mol. The number of hydrogen-bond donors (Lipinski definition) is 1. The van der Waals surface area contributed by atoms with Gasteiger partial charge in [-0.2, -0.15) is 0 Å². The Morgan fingerprint density at radius 3 is 2.71 bits per heavy atom. The lowest BCUT2D eigenvalue weighted by Gasteiger charge is -2.20. The van der Waals surface area contributed by atoms with E-state index in [0.717, 1.165) is 16.5 Å². The van der Waals surface area contributed by atoms with Crippen molar-refractivity contribution in [2.24, 2.45) is 0 Å². The van der Waals surface area contributed by atoms with Gasteiger partial charge in [0, 0.05) is 17.4 Å². The van der Waals surface area contributed by atoms with Crippen LogP contribution in [0.5, 0.6) is 0 Å². The fourth-order valence-corrected chi connectivity index (χ4v) is 2.78. The van der Waals surface area contributed by atoms with Crippen LogP contribution in [0, 0.1) is 0 Å². The van der Waals surface area contributed by atoms with Crippen molar-refractivity contribution in [2.45, 2.75) is 44.9 Å². The monoisotopic (exact) mass is 286 g/mol. The Balaban J connectivity index is 2.09. The minimum atomic E-state index is -0.417. The van der Waals surface area contributed by atoms with Gasteiger partial charge < -0.3 is 4.52 Å². The summed E-state index contributed by atoms with van der Waals surface area (Å²) in [5, 5.41) is 7.35. The second-order valence-electron chi connectivity index (χ2n) is 6.50. The van der Waals surface area contributed by atoms with Crippen molar-refractivity contribution in [2.75, 3.05) is 0 Å². The Bertz CT molecular complexity index is 725. The van der Waals surface area contributed by atoms with Gasteiger partial charge in [0.2, 0.25) is 11.8 Å². The Morgan fingerprint density at radius 1 is 1.29 bits per heavy atom. The first-order valence-electron chi connectivity index (χ1n) is 7.10. The summed E-state index contributed by atoms with van der Waals surface area (Å²) >= 11 is 0. The smallest absolute Gasteiger partial charge is 0.235 e. The molecular formula is C16H18N2O3. The van der Waals surface area contributed by atoms with Crippen molar-refractivity contribution in [1.82, 2.24) is 10.5 Å². The number of para-hydroxylation sites is 1. The molecule has 1 aromatic carbocycles. The number of rotatable bonds is 1. The largest absolute Gasteiger partial charge is 0.356 e.